The number of ether oxygens (including phenoxy) is 2. The molecule has 0 aliphatic carbocycles. The van der Waals surface area contributed by atoms with Gasteiger partial charge in [0.25, 0.3) is 0 Å². The zero-order valence-corrected chi connectivity index (χ0v) is 19.5. The highest BCUT2D eigenvalue weighted by Gasteiger charge is 2.27. The summed E-state index contributed by atoms with van der Waals surface area (Å²) in [5.74, 6) is 1.58. The highest BCUT2D eigenvalue weighted by Crippen LogP contribution is 2.29. The van der Waals surface area contributed by atoms with Crippen LogP contribution in [-0.4, -0.2) is 55.2 Å². The molecule has 1 saturated heterocycles. The zero-order chi connectivity index (χ0) is 23.1. The van der Waals surface area contributed by atoms with Gasteiger partial charge in [-0.2, -0.15) is 0 Å². The molecule has 32 heavy (non-hydrogen) atoms. The van der Waals surface area contributed by atoms with Gasteiger partial charge in [-0.05, 0) is 69.5 Å². The second kappa shape index (κ2) is 11.3. The standard InChI is InChI=1S/C27H35NO4/c1-5-6-21-8-10-25(26(16-21)31-4)32-18-23(29)17-28-13-11-22(12-14-28)27(30)24-9-7-19(2)15-20(24)3/h5,7-10,15-16,22-23,29H,1,6,11-14,17-18H2,2-4H3. The van der Waals surface area contributed by atoms with Crippen molar-refractivity contribution in [2.45, 2.75) is 39.2 Å². The largest absolute Gasteiger partial charge is 0.493 e. The van der Waals surface area contributed by atoms with Crippen molar-refractivity contribution >= 4 is 5.78 Å². The van der Waals surface area contributed by atoms with Crippen LogP contribution in [0.5, 0.6) is 11.5 Å². The number of likely N-dealkylation sites (tertiary alicyclic amines) is 1. The summed E-state index contributed by atoms with van der Waals surface area (Å²) >= 11 is 0. The molecule has 2 aromatic carbocycles. The Bertz CT molecular complexity index is 931. The number of Topliss-reactive ketones (excluding diaryl/α,β-unsaturated/α-hetero) is 1. The Hall–Kier alpha value is -2.63. The number of piperidine rings is 1. The van der Waals surface area contributed by atoms with Gasteiger partial charge >= 0.3 is 0 Å². The monoisotopic (exact) mass is 437 g/mol. The minimum atomic E-state index is -0.612. The number of ketones is 1. The summed E-state index contributed by atoms with van der Waals surface area (Å²) in [5.41, 5.74) is 4.17. The van der Waals surface area contributed by atoms with Gasteiger partial charge < -0.3 is 19.5 Å². The van der Waals surface area contributed by atoms with Gasteiger partial charge in [-0.1, -0.05) is 35.9 Å². The number of nitrogens with zero attached hydrogens (tertiary/aromatic N) is 1. The van der Waals surface area contributed by atoms with E-state index < -0.39 is 6.10 Å². The Morgan fingerprint density at radius 2 is 1.94 bits per heavy atom. The number of benzene rings is 2. The van der Waals surface area contributed by atoms with Crippen LogP contribution in [0.4, 0.5) is 0 Å². The van der Waals surface area contributed by atoms with Gasteiger partial charge in [-0.25, -0.2) is 0 Å². The number of hydrogen-bond donors (Lipinski definition) is 1. The smallest absolute Gasteiger partial charge is 0.166 e. The molecule has 1 aliphatic heterocycles. The maximum absolute atomic E-state index is 12.9. The third kappa shape index (κ3) is 6.21. The molecule has 1 fully saturated rings. The van der Waals surface area contributed by atoms with Crippen molar-refractivity contribution in [3.05, 3.63) is 71.3 Å². The highest BCUT2D eigenvalue weighted by molar-refractivity contribution is 5.99. The molecule has 3 rings (SSSR count). The van der Waals surface area contributed by atoms with E-state index in [0.717, 1.165) is 49.0 Å². The second-order valence-electron chi connectivity index (χ2n) is 8.70. The Balaban J connectivity index is 1.47. The number of carbonyl (C=O) groups excluding carboxylic acids is 1. The fraction of sp³-hybridized carbons (Fsp3) is 0.444. The summed E-state index contributed by atoms with van der Waals surface area (Å²) in [7, 11) is 1.61. The molecule has 1 aliphatic rings. The Morgan fingerprint density at radius 1 is 1.19 bits per heavy atom. The quantitative estimate of drug-likeness (QED) is 0.442. The lowest BCUT2D eigenvalue weighted by Crippen LogP contribution is -2.42. The molecule has 1 unspecified atom stereocenters. The first kappa shape index (κ1) is 24.0. The van der Waals surface area contributed by atoms with Crippen molar-refractivity contribution in [3.63, 3.8) is 0 Å². The molecule has 172 valence electrons. The molecular weight excluding hydrogens is 402 g/mol. The van der Waals surface area contributed by atoms with Crippen LogP contribution in [0.25, 0.3) is 0 Å². The van der Waals surface area contributed by atoms with E-state index in [-0.39, 0.29) is 18.3 Å². The average Bonchev–Trinajstić information content (AvgIpc) is 2.78. The maximum Gasteiger partial charge on any atom is 0.166 e. The van der Waals surface area contributed by atoms with Gasteiger partial charge in [0.15, 0.2) is 17.3 Å². The molecule has 0 aromatic heterocycles. The molecule has 0 saturated carbocycles. The molecular formula is C27H35NO4. The molecule has 1 N–H and O–H groups in total. The average molecular weight is 438 g/mol. The summed E-state index contributed by atoms with van der Waals surface area (Å²) in [5, 5.41) is 10.5. The van der Waals surface area contributed by atoms with E-state index in [0.29, 0.717) is 18.0 Å². The fourth-order valence-electron chi connectivity index (χ4n) is 4.35. The number of methoxy groups -OCH3 is 1. The van der Waals surface area contributed by atoms with Crippen molar-refractivity contribution in [2.24, 2.45) is 5.92 Å². The summed E-state index contributed by atoms with van der Waals surface area (Å²) in [6, 6.07) is 11.8. The maximum atomic E-state index is 12.9. The molecule has 1 heterocycles. The normalized spacial score (nSPS) is 15.9. The van der Waals surface area contributed by atoms with Crippen LogP contribution in [0, 0.1) is 19.8 Å². The molecule has 0 amide bonds. The van der Waals surface area contributed by atoms with Crippen LogP contribution in [0.1, 0.15) is 39.9 Å². The molecule has 5 nitrogen and oxygen atoms in total. The lowest BCUT2D eigenvalue weighted by molar-refractivity contribution is 0.0518. The van der Waals surface area contributed by atoms with Crippen LogP contribution < -0.4 is 9.47 Å². The van der Waals surface area contributed by atoms with Gasteiger partial charge in [-0.15, -0.1) is 6.58 Å². The van der Waals surface area contributed by atoms with Crippen molar-refractivity contribution in [3.8, 4) is 11.5 Å². The van der Waals surface area contributed by atoms with E-state index >= 15 is 0 Å². The molecule has 2 aromatic rings. The first-order chi connectivity index (χ1) is 15.4. The molecule has 5 heteroatoms. The second-order valence-corrected chi connectivity index (χ2v) is 8.70. The number of allylic oxidation sites excluding steroid dienone is 1. The minimum Gasteiger partial charge on any atom is -0.493 e. The van der Waals surface area contributed by atoms with Gasteiger partial charge in [-0.3, -0.25) is 4.79 Å². The number of hydrogen-bond acceptors (Lipinski definition) is 5. The Morgan fingerprint density at radius 3 is 2.59 bits per heavy atom. The van der Waals surface area contributed by atoms with E-state index in [9.17, 15) is 9.90 Å². The number of aliphatic hydroxyl groups is 1. The van der Waals surface area contributed by atoms with Crippen LogP contribution in [0.3, 0.4) is 0 Å². The number of aliphatic hydroxyl groups excluding tert-OH is 1. The van der Waals surface area contributed by atoms with Crippen LogP contribution in [0.15, 0.2) is 49.1 Å². The van der Waals surface area contributed by atoms with Crippen LogP contribution in [-0.2, 0) is 6.42 Å². The predicted octanol–water partition coefficient (Wildman–Crippen LogP) is 4.38. The third-order valence-corrected chi connectivity index (χ3v) is 6.11. The third-order valence-electron chi connectivity index (χ3n) is 6.11. The SMILES string of the molecule is C=CCc1ccc(OCC(O)CN2CCC(C(=O)c3ccc(C)cc3C)CC2)c(OC)c1. The van der Waals surface area contributed by atoms with Crippen LogP contribution >= 0.6 is 0 Å². The summed E-state index contributed by atoms with van der Waals surface area (Å²) < 4.78 is 11.2. The van der Waals surface area contributed by atoms with Crippen molar-refractivity contribution < 1.29 is 19.4 Å². The molecule has 0 bridgehead atoms. The van der Waals surface area contributed by atoms with E-state index in [1.165, 1.54) is 5.56 Å². The first-order valence-corrected chi connectivity index (χ1v) is 11.3. The topological polar surface area (TPSA) is 59.0 Å². The van der Waals surface area contributed by atoms with Gasteiger partial charge in [0, 0.05) is 18.0 Å². The summed E-state index contributed by atoms with van der Waals surface area (Å²) in [4.78, 5) is 15.2. The van der Waals surface area contributed by atoms with E-state index in [4.69, 9.17) is 9.47 Å². The lowest BCUT2D eigenvalue weighted by Gasteiger charge is -2.32. The van der Waals surface area contributed by atoms with E-state index in [1.807, 2.05) is 50.3 Å². The van der Waals surface area contributed by atoms with E-state index in [2.05, 4.69) is 17.5 Å². The first-order valence-electron chi connectivity index (χ1n) is 11.3. The Kier molecular flexibility index (Phi) is 8.48. The number of carbonyl (C=O) groups is 1. The zero-order valence-electron chi connectivity index (χ0n) is 19.5. The van der Waals surface area contributed by atoms with Gasteiger partial charge in [0.2, 0.25) is 0 Å². The fourth-order valence-corrected chi connectivity index (χ4v) is 4.35. The molecule has 0 spiro atoms. The minimum absolute atomic E-state index is 0.0550. The Labute approximate surface area is 191 Å². The number of β-amino-alcohol motifs (C(OH)–C–C–N with tert-alkyl or cyclic N) is 1. The van der Waals surface area contributed by atoms with Crippen molar-refractivity contribution in [2.75, 3.05) is 33.4 Å². The number of rotatable bonds is 10. The summed E-state index contributed by atoms with van der Waals surface area (Å²) in [6.45, 7) is 10.1. The summed E-state index contributed by atoms with van der Waals surface area (Å²) in [6.07, 6.45) is 3.63. The van der Waals surface area contributed by atoms with Crippen LogP contribution in [0.2, 0.25) is 0 Å². The molecule has 0 radical (unpaired) electrons. The predicted molar refractivity (Wildman–Crippen MR) is 128 cm³/mol. The number of aryl methyl sites for hydroxylation is 2. The van der Waals surface area contributed by atoms with Crippen molar-refractivity contribution in [1.29, 1.82) is 0 Å². The van der Waals surface area contributed by atoms with Gasteiger partial charge in [0.1, 0.15) is 12.7 Å². The van der Waals surface area contributed by atoms with Crippen molar-refractivity contribution in [1.82, 2.24) is 4.90 Å². The molecule has 1 atom stereocenters. The lowest BCUT2D eigenvalue weighted by atomic mass is 9.87. The highest BCUT2D eigenvalue weighted by atomic mass is 16.5. The van der Waals surface area contributed by atoms with E-state index in [1.54, 1.807) is 7.11 Å². The van der Waals surface area contributed by atoms with Gasteiger partial charge in [0.05, 0.1) is 7.11 Å².